The first-order valence-corrected chi connectivity index (χ1v) is 6.79. The summed E-state index contributed by atoms with van der Waals surface area (Å²) in [4.78, 5) is 24.3. The highest BCUT2D eigenvalue weighted by atomic mass is 16.5. The Kier molecular flexibility index (Phi) is 4.47. The van der Waals surface area contributed by atoms with E-state index in [1.165, 1.54) is 0 Å². The molecule has 0 radical (unpaired) electrons. The van der Waals surface area contributed by atoms with Gasteiger partial charge in [-0.15, -0.1) is 0 Å². The van der Waals surface area contributed by atoms with Crippen molar-refractivity contribution >= 4 is 11.9 Å². The van der Waals surface area contributed by atoms with Crippen LogP contribution in [0, 0.1) is 13.8 Å². The molecule has 114 valence electrons. The normalized spacial score (nSPS) is 21.4. The highest BCUT2D eigenvalue weighted by molar-refractivity contribution is 5.85. The van der Waals surface area contributed by atoms with Crippen LogP contribution in [-0.2, 0) is 9.59 Å². The van der Waals surface area contributed by atoms with E-state index in [0.717, 1.165) is 16.0 Å². The highest BCUT2D eigenvalue weighted by Crippen LogP contribution is 2.21. The number of hydrogen-bond acceptors (Lipinski definition) is 4. The lowest BCUT2D eigenvalue weighted by Crippen LogP contribution is -2.43. The van der Waals surface area contributed by atoms with Gasteiger partial charge in [0.05, 0.1) is 6.10 Å². The van der Waals surface area contributed by atoms with Crippen molar-refractivity contribution in [3.05, 3.63) is 29.3 Å². The minimum Gasteiger partial charge on any atom is -0.483 e. The van der Waals surface area contributed by atoms with Gasteiger partial charge in [0.15, 0.2) is 6.61 Å². The molecule has 1 unspecified atom stereocenters. The number of carbonyl (C=O) groups excluding carboxylic acids is 1. The molecule has 2 rings (SSSR count). The predicted molar refractivity (Wildman–Crippen MR) is 75.2 cm³/mol. The van der Waals surface area contributed by atoms with Gasteiger partial charge in [-0.05, 0) is 25.5 Å². The maximum Gasteiger partial charge on any atom is 0.326 e. The van der Waals surface area contributed by atoms with Crippen LogP contribution in [0.25, 0.3) is 0 Å². The van der Waals surface area contributed by atoms with Gasteiger partial charge in [0.1, 0.15) is 11.8 Å². The first-order valence-electron chi connectivity index (χ1n) is 6.79. The molecular weight excluding hydrogens is 274 g/mol. The second-order valence-corrected chi connectivity index (χ2v) is 5.35. The van der Waals surface area contributed by atoms with Crippen LogP contribution in [0.15, 0.2) is 18.2 Å². The lowest BCUT2D eigenvalue weighted by molar-refractivity contribution is -0.149. The Labute approximate surface area is 122 Å². The Balaban J connectivity index is 1.99. The number of aliphatic hydroxyl groups is 1. The Hall–Kier alpha value is -2.08. The summed E-state index contributed by atoms with van der Waals surface area (Å²) in [6.45, 7) is 3.64. The van der Waals surface area contributed by atoms with E-state index < -0.39 is 24.0 Å². The average Bonchev–Trinajstić information content (AvgIpc) is 2.80. The molecule has 0 spiro atoms. The van der Waals surface area contributed by atoms with Crippen molar-refractivity contribution in [3.8, 4) is 5.75 Å². The molecule has 1 heterocycles. The summed E-state index contributed by atoms with van der Waals surface area (Å²) in [5.41, 5.74) is 2.01. The van der Waals surface area contributed by atoms with Crippen molar-refractivity contribution in [2.24, 2.45) is 0 Å². The Morgan fingerprint density at radius 3 is 2.71 bits per heavy atom. The molecule has 2 N–H and O–H groups in total. The van der Waals surface area contributed by atoms with E-state index in [-0.39, 0.29) is 19.6 Å². The number of carboxylic acid groups (broad SMARTS) is 1. The number of amides is 1. The molecule has 1 aliphatic heterocycles. The summed E-state index contributed by atoms with van der Waals surface area (Å²) in [5.74, 6) is -0.939. The van der Waals surface area contributed by atoms with Crippen molar-refractivity contribution in [1.29, 1.82) is 0 Å². The zero-order valence-corrected chi connectivity index (χ0v) is 12.1. The quantitative estimate of drug-likeness (QED) is 0.854. The third kappa shape index (κ3) is 3.52. The standard InChI is InChI=1S/C15H19NO5/c1-9-3-4-13(10(2)5-9)21-8-14(18)16-7-11(17)6-12(16)15(19)20/h3-5,11-12,17H,6-8H2,1-2H3,(H,19,20)/t11?,12-/m0/s1. The molecule has 1 amide bonds. The minimum atomic E-state index is -1.11. The number of likely N-dealkylation sites (tertiary alicyclic amines) is 1. The second-order valence-electron chi connectivity index (χ2n) is 5.35. The van der Waals surface area contributed by atoms with E-state index in [1.807, 2.05) is 26.0 Å². The molecule has 1 fully saturated rings. The van der Waals surface area contributed by atoms with Crippen molar-refractivity contribution in [1.82, 2.24) is 4.90 Å². The summed E-state index contributed by atoms with van der Waals surface area (Å²) in [6, 6.07) is 4.63. The van der Waals surface area contributed by atoms with Gasteiger partial charge < -0.3 is 19.8 Å². The number of carbonyl (C=O) groups is 2. The number of nitrogens with zero attached hydrogens (tertiary/aromatic N) is 1. The van der Waals surface area contributed by atoms with Gasteiger partial charge in [0.2, 0.25) is 0 Å². The van der Waals surface area contributed by atoms with Crippen LogP contribution < -0.4 is 4.74 Å². The molecule has 1 aliphatic rings. The maximum absolute atomic E-state index is 12.1. The molecule has 2 atom stereocenters. The molecule has 6 heteroatoms. The lowest BCUT2D eigenvalue weighted by atomic mass is 10.1. The maximum atomic E-state index is 12.1. The zero-order valence-electron chi connectivity index (χ0n) is 12.1. The largest absolute Gasteiger partial charge is 0.483 e. The number of rotatable bonds is 4. The summed E-state index contributed by atoms with van der Waals surface area (Å²) in [5, 5.41) is 18.6. The fourth-order valence-electron chi connectivity index (χ4n) is 2.51. The van der Waals surface area contributed by atoms with Crippen molar-refractivity contribution in [3.63, 3.8) is 0 Å². The number of aryl methyl sites for hydroxylation is 2. The smallest absolute Gasteiger partial charge is 0.326 e. The second kappa shape index (κ2) is 6.13. The third-order valence-electron chi connectivity index (χ3n) is 3.57. The van der Waals surface area contributed by atoms with Gasteiger partial charge in [0.25, 0.3) is 5.91 Å². The monoisotopic (exact) mass is 293 g/mol. The van der Waals surface area contributed by atoms with Crippen LogP contribution >= 0.6 is 0 Å². The molecule has 1 aromatic carbocycles. The minimum absolute atomic E-state index is 0.0338. The van der Waals surface area contributed by atoms with Gasteiger partial charge in [-0.1, -0.05) is 17.7 Å². The Bertz CT molecular complexity index is 557. The topological polar surface area (TPSA) is 87.1 Å². The van der Waals surface area contributed by atoms with Gasteiger partial charge >= 0.3 is 5.97 Å². The molecule has 1 aromatic rings. The number of aliphatic hydroxyl groups excluding tert-OH is 1. The number of benzene rings is 1. The van der Waals surface area contributed by atoms with Crippen LogP contribution in [0.3, 0.4) is 0 Å². The van der Waals surface area contributed by atoms with E-state index in [4.69, 9.17) is 9.84 Å². The van der Waals surface area contributed by atoms with Crippen LogP contribution in [0.2, 0.25) is 0 Å². The van der Waals surface area contributed by atoms with Crippen LogP contribution in [0.1, 0.15) is 17.5 Å². The number of β-amino-alcohol motifs (C(OH)–C–C–N with tert-alkyl or cyclic N) is 1. The molecule has 21 heavy (non-hydrogen) atoms. The van der Waals surface area contributed by atoms with E-state index in [2.05, 4.69) is 0 Å². The van der Waals surface area contributed by atoms with E-state index in [1.54, 1.807) is 6.07 Å². The molecule has 0 bridgehead atoms. The predicted octanol–water partition coefficient (Wildman–Crippen LogP) is 0.729. The van der Waals surface area contributed by atoms with Crippen molar-refractivity contribution in [2.75, 3.05) is 13.2 Å². The molecule has 6 nitrogen and oxygen atoms in total. The zero-order chi connectivity index (χ0) is 15.6. The summed E-state index contributed by atoms with van der Waals surface area (Å²) >= 11 is 0. The lowest BCUT2D eigenvalue weighted by Gasteiger charge is -2.21. The first-order chi connectivity index (χ1) is 9.88. The molecule has 1 saturated heterocycles. The fourth-order valence-corrected chi connectivity index (χ4v) is 2.51. The summed E-state index contributed by atoms with van der Waals surface area (Å²) < 4.78 is 5.46. The van der Waals surface area contributed by atoms with Gasteiger partial charge in [0, 0.05) is 13.0 Å². The number of hydrogen-bond donors (Lipinski definition) is 2. The van der Waals surface area contributed by atoms with Gasteiger partial charge in [-0.25, -0.2) is 4.79 Å². The number of aliphatic carboxylic acids is 1. The Morgan fingerprint density at radius 1 is 1.38 bits per heavy atom. The molecular formula is C15H19NO5. The average molecular weight is 293 g/mol. The van der Waals surface area contributed by atoms with E-state index in [0.29, 0.717) is 5.75 Å². The van der Waals surface area contributed by atoms with Crippen LogP contribution in [-0.4, -0.2) is 52.3 Å². The first kappa shape index (κ1) is 15.3. The van der Waals surface area contributed by atoms with Crippen LogP contribution in [0.5, 0.6) is 5.75 Å². The van der Waals surface area contributed by atoms with E-state index >= 15 is 0 Å². The van der Waals surface area contributed by atoms with Crippen LogP contribution in [0.4, 0.5) is 0 Å². The fraction of sp³-hybridized carbons (Fsp3) is 0.467. The van der Waals surface area contributed by atoms with Crippen molar-refractivity contribution in [2.45, 2.75) is 32.4 Å². The van der Waals surface area contributed by atoms with Crippen molar-refractivity contribution < 1.29 is 24.5 Å². The molecule has 0 saturated carbocycles. The Morgan fingerprint density at radius 2 is 2.10 bits per heavy atom. The number of ether oxygens (including phenoxy) is 1. The summed E-state index contributed by atoms with van der Waals surface area (Å²) in [7, 11) is 0. The molecule has 0 aliphatic carbocycles. The number of carboxylic acids is 1. The third-order valence-corrected chi connectivity index (χ3v) is 3.57. The van der Waals surface area contributed by atoms with Gasteiger partial charge in [-0.2, -0.15) is 0 Å². The van der Waals surface area contributed by atoms with E-state index in [9.17, 15) is 14.7 Å². The van der Waals surface area contributed by atoms with Gasteiger partial charge in [-0.3, -0.25) is 4.79 Å². The highest BCUT2D eigenvalue weighted by Gasteiger charge is 2.38. The SMILES string of the molecule is Cc1ccc(OCC(=O)N2CC(O)C[C@H]2C(=O)O)c(C)c1. The molecule has 0 aromatic heterocycles. The summed E-state index contributed by atoms with van der Waals surface area (Å²) in [6.07, 6.45) is -0.735.